The Morgan fingerprint density at radius 3 is 2.33 bits per heavy atom. The second-order valence-corrected chi connectivity index (χ2v) is 10.6. The fourth-order valence-electron chi connectivity index (χ4n) is 3.58. The van der Waals surface area contributed by atoms with Gasteiger partial charge >= 0.3 is 0 Å². The quantitative estimate of drug-likeness (QED) is 0.532. The molecule has 7 nitrogen and oxygen atoms in total. The fraction of sp³-hybridized carbons (Fsp3) is 0.280. The number of primary sulfonamides is 1. The Labute approximate surface area is 194 Å². The van der Waals surface area contributed by atoms with E-state index in [1.54, 1.807) is 25.3 Å². The molecule has 0 fully saturated rings. The number of nitrogens with two attached hydrogens (primary N) is 1. The third-order valence-electron chi connectivity index (χ3n) is 5.18. The summed E-state index contributed by atoms with van der Waals surface area (Å²) in [5.41, 5.74) is 4.84. The van der Waals surface area contributed by atoms with E-state index in [-0.39, 0.29) is 16.7 Å². The Balaban J connectivity index is 2.10. The molecule has 3 rings (SSSR count). The van der Waals surface area contributed by atoms with Gasteiger partial charge in [0, 0.05) is 11.1 Å². The number of ether oxygens (including phenoxy) is 1. The van der Waals surface area contributed by atoms with E-state index >= 15 is 0 Å². The Morgan fingerprint density at radius 2 is 1.76 bits per heavy atom. The SMILES string of the molecule is COc1c(C=Cc2ccc(CS(N)(=O)=O)cc2)cc(-c2cc(C)n[nH]c2=O)cc1C(C)(C)C. The summed E-state index contributed by atoms with van der Waals surface area (Å²) in [4.78, 5) is 12.5. The number of aromatic nitrogens is 2. The number of H-pyrrole nitrogens is 1. The zero-order valence-corrected chi connectivity index (χ0v) is 20.3. The van der Waals surface area contributed by atoms with E-state index in [1.165, 1.54) is 0 Å². The minimum Gasteiger partial charge on any atom is -0.496 e. The highest BCUT2D eigenvalue weighted by atomic mass is 32.2. The van der Waals surface area contributed by atoms with E-state index in [0.29, 0.717) is 11.1 Å². The molecule has 0 amide bonds. The van der Waals surface area contributed by atoms with Gasteiger partial charge in [-0.1, -0.05) is 57.2 Å². The summed E-state index contributed by atoms with van der Waals surface area (Å²) in [7, 11) is -1.95. The van der Waals surface area contributed by atoms with Crippen LogP contribution in [0.15, 0.2) is 47.3 Å². The summed E-state index contributed by atoms with van der Waals surface area (Å²) in [5, 5.41) is 11.6. The molecule has 0 radical (unpaired) electrons. The maximum Gasteiger partial charge on any atom is 0.272 e. The molecule has 0 aliphatic heterocycles. The first-order chi connectivity index (χ1) is 15.4. The van der Waals surface area contributed by atoms with Gasteiger partial charge in [0.25, 0.3) is 5.56 Å². The van der Waals surface area contributed by atoms with E-state index in [9.17, 15) is 13.2 Å². The molecule has 8 heteroatoms. The van der Waals surface area contributed by atoms with Crippen LogP contribution in [-0.4, -0.2) is 25.7 Å². The van der Waals surface area contributed by atoms with Crippen LogP contribution in [-0.2, 0) is 21.2 Å². The molecule has 0 atom stereocenters. The maximum atomic E-state index is 12.5. The largest absolute Gasteiger partial charge is 0.496 e. The summed E-state index contributed by atoms with van der Waals surface area (Å²) >= 11 is 0. The molecule has 0 saturated heterocycles. The Morgan fingerprint density at radius 1 is 1.09 bits per heavy atom. The van der Waals surface area contributed by atoms with Gasteiger partial charge in [0.2, 0.25) is 10.0 Å². The predicted molar refractivity (Wildman–Crippen MR) is 132 cm³/mol. The smallest absolute Gasteiger partial charge is 0.272 e. The lowest BCUT2D eigenvalue weighted by molar-refractivity contribution is 0.397. The lowest BCUT2D eigenvalue weighted by Gasteiger charge is -2.24. The van der Waals surface area contributed by atoms with Crippen LogP contribution in [0.5, 0.6) is 5.75 Å². The summed E-state index contributed by atoms with van der Waals surface area (Å²) < 4.78 is 28.4. The van der Waals surface area contributed by atoms with Gasteiger partial charge in [-0.05, 0) is 47.2 Å². The van der Waals surface area contributed by atoms with Crippen LogP contribution in [0.3, 0.4) is 0 Å². The monoisotopic (exact) mass is 467 g/mol. The van der Waals surface area contributed by atoms with E-state index in [2.05, 4.69) is 31.0 Å². The molecule has 3 N–H and O–H groups in total. The molecule has 33 heavy (non-hydrogen) atoms. The number of nitrogens with one attached hydrogen (secondary N) is 1. The number of sulfonamides is 1. The molecule has 0 aliphatic carbocycles. The second-order valence-electron chi connectivity index (χ2n) is 9.03. The van der Waals surface area contributed by atoms with Gasteiger partial charge < -0.3 is 4.74 Å². The van der Waals surface area contributed by atoms with Crippen molar-refractivity contribution in [1.29, 1.82) is 0 Å². The standard InChI is InChI=1S/C25H29N3O4S/c1-16-12-21(24(29)28-27-16)20-13-19(23(32-5)22(14-20)25(2,3)4)11-10-17-6-8-18(9-7-17)15-33(26,30)31/h6-14H,15H2,1-5H3,(H,28,29)(H2,26,30,31). The van der Waals surface area contributed by atoms with Crippen LogP contribution in [0, 0.1) is 6.92 Å². The number of aryl methyl sites for hydroxylation is 1. The van der Waals surface area contributed by atoms with Gasteiger partial charge in [-0.2, -0.15) is 5.10 Å². The van der Waals surface area contributed by atoms with Crippen molar-refractivity contribution in [2.24, 2.45) is 5.14 Å². The molecule has 3 aromatic rings. The van der Waals surface area contributed by atoms with Gasteiger partial charge in [0.05, 0.1) is 24.1 Å². The van der Waals surface area contributed by atoms with Crippen molar-refractivity contribution in [3.05, 3.63) is 80.8 Å². The molecule has 0 saturated carbocycles. The molecular formula is C25H29N3O4S. The number of benzene rings is 2. The van der Waals surface area contributed by atoms with Crippen LogP contribution in [0.25, 0.3) is 23.3 Å². The summed E-state index contributed by atoms with van der Waals surface area (Å²) in [6, 6.07) is 12.8. The lowest BCUT2D eigenvalue weighted by Crippen LogP contribution is -2.16. The van der Waals surface area contributed by atoms with E-state index in [0.717, 1.165) is 33.7 Å². The van der Waals surface area contributed by atoms with Crippen molar-refractivity contribution in [2.75, 3.05) is 7.11 Å². The van der Waals surface area contributed by atoms with Crippen molar-refractivity contribution in [3.8, 4) is 16.9 Å². The molecule has 2 aromatic carbocycles. The van der Waals surface area contributed by atoms with Gasteiger partial charge in [0.1, 0.15) is 5.75 Å². The zero-order chi connectivity index (χ0) is 24.4. The van der Waals surface area contributed by atoms with Crippen molar-refractivity contribution in [3.63, 3.8) is 0 Å². The van der Waals surface area contributed by atoms with E-state index in [1.807, 2.05) is 43.3 Å². The number of hydrogen-bond acceptors (Lipinski definition) is 5. The van der Waals surface area contributed by atoms with Crippen LogP contribution >= 0.6 is 0 Å². The van der Waals surface area contributed by atoms with Crippen molar-refractivity contribution >= 4 is 22.2 Å². The Kier molecular flexibility index (Phi) is 6.90. The van der Waals surface area contributed by atoms with Crippen molar-refractivity contribution in [2.45, 2.75) is 38.9 Å². The predicted octanol–water partition coefficient (Wildman–Crippen LogP) is 4.01. The second kappa shape index (κ2) is 9.33. The maximum absolute atomic E-state index is 12.5. The first-order valence-electron chi connectivity index (χ1n) is 10.4. The molecule has 0 unspecified atom stereocenters. The zero-order valence-electron chi connectivity index (χ0n) is 19.5. The molecule has 0 bridgehead atoms. The summed E-state index contributed by atoms with van der Waals surface area (Å²) in [5.74, 6) is 0.525. The average Bonchev–Trinajstić information content (AvgIpc) is 2.72. The number of hydrogen-bond donors (Lipinski definition) is 2. The minimum atomic E-state index is -3.58. The average molecular weight is 468 g/mol. The van der Waals surface area contributed by atoms with Gasteiger partial charge in [-0.15, -0.1) is 0 Å². The van der Waals surface area contributed by atoms with Crippen molar-refractivity contribution in [1.82, 2.24) is 10.2 Å². The number of nitrogens with zero attached hydrogens (tertiary/aromatic N) is 1. The summed E-state index contributed by atoms with van der Waals surface area (Å²) in [6.45, 7) is 8.10. The normalized spacial score (nSPS) is 12.3. The number of rotatable bonds is 6. The van der Waals surface area contributed by atoms with Gasteiger partial charge in [0.15, 0.2) is 0 Å². The fourth-order valence-corrected chi connectivity index (χ4v) is 4.24. The first kappa shape index (κ1) is 24.4. The highest BCUT2D eigenvalue weighted by Gasteiger charge is 2.23. The third kappa shape index (κ3) is 6.18. The first-order valence-corrected chi connectivity index (χ1v) is 12.2. The molecule has 174 valence electrons. The van der Waals surface area contributed by atoms with Gasteiger partial charge in [-0.25, -0.2) is 18.7 Å². The molecule has 0 spiro atoms. The minimum absolute atomic E-state index is 0.207. The lowest BCUT2D eigenvalue weighted by atomic mass is 9.83. The Bertz CT molecular complexity index is 1350. The number of methoxy groups -OCH3 is 1. The highest BCUT2D eigenvalue weighted by Crippen LogP contribution is 2.38. The molecule has 1 aromatic heterocycles. The van der Waals surface area contributed by atoms with Crippen LogP contribution in [0.4, 0.5) is 0 Å². The molecule has 1 heterocycles. The molecule has 0 aliphatic rings. The summed E-state index contributed by atoms with van der Waals surface area (Å²) in [6.07, 6.45) is 3.84. The molecular weight excluding hydrogens is 438 g/mol. The van der Waals surface area contributed by atoms with Crippen LogP contribution in [0.1, 0.15) is 48.7 Å². The van der Waals surface area contributed by atoms with Gasteiger partial charge in [-0.3, -0.25) is 4.79 Å². The van der Waals surface area contributed by atoms with E-state index < -0.39 is 10.0 Å². The Hall–Kier alpha value is -3.23. The number of aromatic amines is 1. The topological polar surface area (TPSA) is 115 Å². The van der Waals surface area contributed by atoms with Crippen molar-refractivity contribution < 1.29 is 13.2 Å². The highest BCUT2D eigenvalue weighted by molar-refractivity contribution is 7.88. The van der Waals surface area contributed by atoms with E-state index in [4.69, 9.17) is 9.88 Å². The third-order valence-corrected chi connectivity index (χ3v) is 5.91. The van der Waals surface area contributed by atoms with Crippen LogP contribution < -0.4 is 15.4 Å². The van der Waals surface area contributed by atoms with Crippen LogP contribution in [0.2, 0.25) is 0 Å².